The van der Waals surface area contributed by atoms with Gasteiger partial charge in [0.15, 0.2) is 0 Å². The summed E-state index contributed by atoms with van der Waals surface area (Å²) in [6.07, 6.45) is 6.67. The molecule has 0 spiro atoms. The number of unbranched alkanes of at least 4 members (excludes halogenated alkanes) is 3. The van der Waals surface area contributed by atoms with Crippen LogP contribution in [0.25, 0.3) is 0 Å². The topological polar surface area (TPSA) is 55.1 Å². The third-order valence-electron chi connectivity index (χ3n) is 3.64. The van der Waals surface area contributed by atoms with Crippen molar-refractivity contribution in [3.05, 3.63) is 35.9 Å². The molecule has 0 aliphatic rings. The van der Waals surface area contributed by atoms with Crippen LogP contribution in [-0.4, -0.2) is 18.5 Å². The molecule has 0 saturated heterocycles. The normalized spacial score (nSPS) is 12.4. The minimum atomic E-state index is -0.451. The Labute approximate surface area is 129 Å². The standard InChI is InChI=1S/C18H30N2O/c1-15(2)10-6-3-4-9-13-20-18(21)17(19)14-16-11-7-5-8-12-16/h5,7-8,11-12,15,17H,3-4,6,9-10,13-14,19H2,1-2H3,(H,20,21)/t17-/m0/s1. The van der Waals surface area contributed by atoms with Gasteiger partial charge in [-0.15, -0.1) is 0 Å². The molecule has 1 aromatic carbocycles. The minimum absolute atomic E-state index is 0.0407. The van der Waals surface area contributed by atoms with E-state index in [2.05, 4.69) is 19.2 Å². The van der Waals surface area contributed by atoms with Crippen LogP contribution in [-0.2, 0) is 11.2 Å². The van der Waals surface area contributed by atoms with Gasteiger partial charge in [-0.05, 0) is 24.3 Å². The number of rotatable bonds is 10. The lowest BCUT2D eigenvalue weighted by Gasteiger charge is -2.12. The van der Waals surface area contributed by atoms with E-state index in [-0.39, 0.29) is 5.91 Å². The fourth-order valence-electron chi connectivity index (χ4n) is 2.33. The van der Waals surface area contributed by atoms with Gasteiger partial charge in [-0.25, -0.2) is 0 Å². The highest BCUT2D eigenvalue weighted by atomic mass is 16.2. The first-order valence-corrected chi connectivity index (χ1v) is 8.17. The van der Waals surface area contributed by atoms with Crippen LogP contribution < -0.4 is 11.1 Å². The van der Waals surface area contributed by atoms with Crippen molar-refractivity contribution in [2.24, 2.45) is 11.7 Å². The minimum Gasteiger partial charge on any atom is -0.355 e. The molecule has 0 bridgehead atoms. The summed E-state index contributed by atoms with van der Waals surface area (Å²) in [6, 6.07) is 9.46. The van der Waals surface area contributed by atoms with Crippen LogP contribution in [0.5, 0.6) is 0 Å². The number of nitrogens with one attached hydrogen (secondary N) is 1. The van der Waals surface area contributed by atoms with Crippen LogP contribution in [0.3, 0.4) is 0 Å². The van der Waals surface area contributed by atoms with Crippen LogP contribution in [0.2, 0.25) is 0 Å². The molecule has 1 rings (SSSR count). The van der Waals surface area contributed by atoms with Crippen LogP contribution in [0.4, 0.5) is 0 Å². The summed E-state index contributed by atoms with van der Waals surface area (Å²) in [4.78, 5) is 11.9. The summed E-state index contributed by atoms with van der Waals surface area (Å²) < 4.78 is 0. The zero-order valence-corrected chi connectivity index (χ0v) is 13.5. The second-order valence-corrected chi connectivity index (χ2v) is 6.18. The lowest BCUT2D eigenvalue weighted by Crippen LogP contribution is -2.42. The van der Waals surface area contributed by atoms with Crippen molar-refractivity contribution in [3.8, 4) is 0 Å². The molecule has 0 heterocycles. The van der Waals surface area contributed by atoms with E-state index in [1.165, 1.54) is 25.7 Å². The lowest BCUT2D eigenvalue weighted by molar-refractivity contribution is -0.122. The molecule has 0 aliphatic carbocycles. The zero-order chi connectivity index (χ0) is 15.5. The number of carbonyl (C=O) groups excluding carboxylic acids is 1. The molecule has 3 N–H and O–H groups in total. The number of hydrogen-bond acceptors (Lipinski definition) is 2. The Bertz CT molecular complexity index is 389. The van der Waals surface area contributed by atoms with Gasteiger partial charge in [-0.1, -0.05) is 69.9 Å². The third-order valence-corrected chi connectivity index (χ3v) is 3.64. The Kier molecular flexibility index (Phi) is 8.76. The van der Waals surface area contributed by atoms with E-state index in [4.69, 9.17) is 5.73 Å². The number of hydrogen-bond donors (Lipinski definition) is 2. The highest BCUT2D eigenvalue weighted by Crippen LogP contribution is 2.09. The number of benzene rings is 1. The maximum Gasteiger partial charge on any atom is 0.237 e. The molecule has 0 aromatic heterocycles. The second-order valence-electron chi connectivity index (χ2n) is 6.18. The van der Waals surface area contributed by atoms with Gasteiger partial charge in [0.25, 0.3) is 0 Å². The van der Waals surface area contributed by atoms with Crippen molar-refractivity contribution in [1.29, 1.82) is 0 Å². The molecule has 0 radical (unpaired) electrons. The molecule has 1 aromatic rings. The van der Waals surface area contributed by atoms with E-state index in [1.54, 1.807) is 0 Å². The SMILES string of the molecule is CC(C)CCCCCCNC(=O)[C@@H](N)Cc1ccccc1. The highest BCUT2D eigenvalue weighted by Gasteiger charge is 2.12. The number of carbonyl (C=O) groups is 1. The summed E-state index contributed by atoms with van der Waals surface area (Å²) in [5, 5.41) is 2.94. The van der Waals surface area contributed by atoms with Crippen molar-refractivity contribution in [3.63, 3.8) is 0 Å². The molecule has 1 atom stereocenters. The van der Waals surface area contributed by atoms with Crippen LogP contribution >= 0.6 is 0 Å². The van der Waals surface area contributed by atoms with Crippen LogP contribution in [0.15, 0.2) is 30.3 Å². The molecular weight excluding hydrogens is 260 g/mol. The maximum atomic E-state index is 11.9. The van der Waals surface area contributed by atoms with E-state index in [1.807, 2.05) is 30.3 Å². The summed E-state index contributed by atoms with van der Waals surface area (Å²) >= 11 is 0. The maximum absolute atomic E-state index is 11.9. The van der Waals surface area contributed by atoms with Gasteiger partial charge in [0.05, 0.1) is 6.04 Å². The predicted octanol–water partition coefficient (Wildman–Crippen LogP) is 3.28. The number of amides is 1. The van der Waals surface area contributed by atoms with Gasteiger partial charge in [0, 0.05) is 6.54 Å². The zero-order valence-electron chi connectivity index (χ0n) is 13.5. The number of nitrogens with two attached hydrogens (primary N) is 1. The van der Waals surface area contributed by atoms with Crippen molar-refractivity contribution in [2.75, 3.05) is 6.54 Å². The second kappa shape index (κ2) is 10.4. The summed E-state index contributed by atoms with van der Waals surface area (Å²) in [5.41, 5.74) is 7.04. The predicted molar refractivity (Wildman–Crippen MR) is 89.1 cm³/mol. The van der Waals surface area contributed by atoms with E-state index >= 15 is 0 Å². The lowest BCUT2D eigenvalue weighted by atomic mass is 10.0. The van der Waals surface area contributed by atoms with E-state index in [9.17, 15) is 4.79 Å². The Morgan fingerprint density at radius 1 is 1.10 bits per heavy atom. The van der Waals surface area contributed by atoms with Crippen molar-refractivity contribution >= 4 is 5.91 Å². The smallest absolute Gasteiger partial charge is 0.237 e. The first kappa shape index (κ1) is 17.7. The summed E-state index contributed by atoms with van der Waals surface area (Å²) in [7, 11) is 0. The fourth-order valence-corrected chi connectivity index (χ4v) is 2.33. The first-order valence-electron chi connectivity index (χ1n) is 8.17. The van der Waals surface area contributed by atoms with Gasteiger partial charge in [-0.3, -0.25) is 4.79 Å². The van der Waals surface area contributed by atoms with E-state index in [0.29, 0.717) is 6.42 Å². The third kappa shape index (κ3) is 8.51. The van der Waals surface area contributed by atoms with Crippen molar-refractivity contribution in [2.45, 2.75) is 58.4 Å². The molecule has 1 amide bonds. The molecule has 0 unspecified atom stereocenters. The Balaban J connectivity index is 2.08. The molecule has 0 saturated carbocycles. The Morgan fingerprint density at radius 2 is 1.76 bits per heavy atom. The molecule has 118 valence electrons. The van der Waals surface area contributed by atoms with E-state index in [0.717, 1.165) is 24.4 Å². The van der Waals surface area contributed by atoms with Gasteiger partial charge >= 0.3 is 0 Å². The Hall–Kier alpha value is -1.35. The van der Waals surface area contributed by atoms with Crippen LogP contribution in [0.1, 0.15) is 51.5 Å². The summed E-state index contributed by atoms with van der Waals surface area (Å²) in [5.74, 6) is 0.752. The van der Waals surface area contributed by atoms with Crippen molar-refractivity contribution in [1.82, 2.24) is 5.32 Å². The molecule has 0 aliphatic heterocycles. The average molecular weight is 290 g/mol. The van der Waals surface area contributed by atoms with Gasteiger partial charge in [-0.2, -0.15) is 0 Å². The van der Waals surface area contributed by atoms with Gasteiger partial charge in [0.2, 0.25) is 5.91 Å². The van der Waals surface area contributed by atoms with E-state index < -0.39 is 6.04 Å². The molecular formula is C18H30N2O. The van der Waals surface area contributed by atoms with Crippen LogP contribution in [0, 0.1) is 5.92 Å². The fraction of sp³-hybridized carbons (Fsp3) is 0.611. The molecule has 0 fully saturated rings. The molecule has 21 heavy (non-hydrogen) atoms. The first-order chi connectivity index (χ1) is 10.1. The average Bonchev–Trinajstić information content (AvgIpc) is 2.46. The quantitative estimate of drug-likeness (QED) is 0.650. The molecule has 3 nitrogen and oxygen atoms in total. The van der Waals surface area contributed by atoms with Crippen molar-refractivity contribution < 1.29 is 4.79 Å². The van der Waals surface area contributed by atoms with Gasteiger partial charge in [0.1, 0.15) is 0 Å². The molecule has 3 heteroatoms. The van der Waals surface area contributed by atoms with Gasteiger partial charge < -0.3 is 11.1 Å². The summed E-state index contributed by atoms with van der Waals surface area (Å²) in [6.45, 7) is 5.26. The Morgan fingerprint density at radius 3 is 2.43 bits per heavy atom. The highest BCUT2D eigenvalue weighted by molar-refractivity contribution is 5.81. The monoisotopic (exact) mass is 290 g/mol. The largest absolute Gasteiger partial charge is 0.355 e.